The number of anilines is 1. The lowest BCUT2D eigenvalue weighted by Crippen LogP contribution is -2.34. The summed E-state index contributed by atoms with van der Waals surface area (Å²) in [4.78, 5) is 12.6. The fourth-order valence-corrected chi connectivity index (χ4v) is 2.60. The summed E-state index contributed by atoms with van der Waals surface area (Å²) in [6.45, 7) is 6.66. The molecule has 0 aliphatic rings. The van der Waals surface area contributed by atoms with Gasteiger partial charge in [-0.3, -0.25) is 10.1 Å². The lowest BCUT2D eigenvalue weighted by Gasteiger charge is -2.14. The number of carbonyl (C=O) groups is 1. The van der Waals surface area contributed by atoms with Crippen LogP contribution < -0.4 is 15.4 Å². The molecule has 0 saturated carbocycles. The predicted octanol–water partition coefficient (Wildman–Crippen LogP) is 4.92. The van der Waals surface area contributed by atoms with E-state index in [9.17, 15) is 4.79 Å². The molecule has 0 atom stereocenters. The number of aryl methyl sites for hydroxylation is 1. The summed E-state index contributed by atoms with van der Waals surface area (Å²) in [5, 5.41) is 5.94. The van der Waals surface area contributed by atoms with Gasteiger partial charge >= 0.3 is 0 Å². The zero-order valence-electron chi connectivity index (χ0n) is 14.4. The van der Waals surface area contributed by atoms with Crippen LogP contribution in [0.2, 0.25) is 0 Å². The van der Waals surface area contributed by atoms with Crippen LogP contribution in [0.15, 0.2) is 46.9 Å². The third-order valence-electron chi connectivity index (χ3n) is 3.29. The summed E-state index contributed by atoms with van der Waals surface area (Å²) in [7, 11) is 0. The molecular formula is C19H21BrN2O2S. The van der Waals surface area contributed by atoms with Gasteiger partial charge in [0.05, 0.1) is 12.2 Å². The van der Waals surface area contributed by atoms with E-state index in [4.69, 9.17) is 17.0 Å². The maximum Gasteiger partial charge on any atom is 0.261 e. The Labute approximate surface area is 162 Å². The van der Waals surface area contributed by atoms with Crippen LogP contribution in [0, 0.1) is 12.8 Å². The first-order valence-corrected chi connectivity index (χ1v) is 9.16. The van der Waals surface area contributed by atoms with Crippen LogP contribution >= 0.6 is 28.1 Å². The largest absolute Gasteiger partial charge is 0.492 e. The SMILES string of the molecule is Cc1ccc(NC(=S)NC(=O)c2cc(Br)ccc2OCC(C)C)cc1. The molecule has 25 heavy (non-hydrogen) atoms. The molecule has 2 aromatic rings. The van der Waals surface area contributed by atoms with Gasteiger partial charge in [0.25, 0.3) is 5.91 Å². The summed E-state index contributed by atoms with van der Waals surface area (Å²) >= 11 is 8.62. The van der Waals surface area contributed by atoms with Crippen LogP contribution in [0.1, 0.15) is 29.8 Å². The van der Waals surface area contributed by atoms with Gasteiger partial charge in [-0.1, -0.05) is 47.5 Å². The zero-order chi connectivity index (χ0) is 18.4. The third kappa shape index (κ3) is 6.14. The molecule has 0 bridgehead atoms. The number of carbonyl (C=O) groups excluding carboxylic acids is 1. The van der Waals surface area contributed by atoms with Gasteiger partial charge in [0.15, 0.2) is 5.11 Å². The number of amides is 1. The first kappa shape index (κ1) is 19.4. The Hall–Kier alpha value is -1.92. The second kappa shape index (κ2) is 8.97. The highest BCUT2D eigenvalue weighted by Crippen LogP contribution is 2.24. The van der Waals surface area contributed by atoms with Gasteiger partial charge in [0.2, 0.25) is 0 Å². The minimum absolute atomic E-state index is 0.239. The number of halogens is 1. The Kier molecular flexibility index (Phi) is 6.96. The molecule has 0 radical (unpaired) electrons. The van der Waals surface area contributed by atoms with E-state index in [0.29, 0.717) is 23.8 Å². The van der Waals surface area contributed by atoms with Crippen molar-refractivity contribution >= 4 is 44.9 Å². The van der Waals surface area contributed by atoms with Crippen molar-refractivity contribution in [3.05, 3.63) is 58.1 Å². The van der Waals surface area contributed by atoms with E-state index in [1.54, 1.807) is 12.1 Å². The molecule has 6 heteroatoms. The summed E-state index contributed by atoms with van der Waals surface area (Å²) in [5.41, 5.74) is 2.41. The van der Waals surface area contributed by atoms with Gasteiger partial charge in [0, 0.05) is 10.2 Å². The number of nitrogens with one attached hydrogen (secondary N) is 2. The van der Waals surface area contributed by atoms with Gasteiger partial charge < -0.3 is 10.1 Å². The van der Waals surface area contributed by atoms with Gasteiger partial charge in [-0.25, -0.2) is 0 Å². The van der Waals surface area contributed by atoms with E-state index in [1.807, 2.05) is 37.3 Å². The van der Waals surface area contributed by atoms with Crippen LogP contribution in [-0.4, -0.2) is 17.6 Å². The minimum Gasteiger partial charge on any atom is -0.492 e. The molecule has 4 nitrogen and oxygen atoms in total. The number of hydrogen-bond acceptors (Lipinski definition) is 3. The highest BCUT2D eigenvalue weighted by Gasteiger charge is 2.15. The Bertz CT molecular complexity index is 761. The first-order chi connectivity index (χ1) is 11.8. The Morgan fingerprint density at radius 3 is 2.52 bits per heavy atom. The molecule has 0 fully saturated rings. The summed E-state index contributed by atoms with van der Waals surface area (Å²) in [5.74, 6) is 0.584. The predicted molar refractivity (Wildman–Crippen MR) is 109 cm³/mol. The summed E-state index contributed by atoms with van der Waals surface area (Å²) in [6, 6.07) is 13.1. The molecule has 0 saturated heterocycles. The number of benzene rings is 2. The fourth-order valence-electron chi connectivity index (χ4n) is 2.03. The van der Waals surface area contributed by atoms with Crippen molar-refractivity contribution in [2.24, 2.45) is 5.92 Å². The second-order valence-electron chi connectivity index (χ2n) is 6.12. The Morgan fingerprint density at radius 1 is 1.20 bits per heavy atom. The first-order valence-electron chi connectivity index (χ1n) is 7.96. The molecule has 0 unspecified atom stereocenters. The van der Waals surface area contributed by atoms with Crippen LogP contribution in [0.4, 0.5) is 5.69 Å². The van der Waals surface area contributed by atoms with E-state index in [2.05, 4.69) is 40.4 Å². The summed E-state index contributed by atoms with van der Waals surface area (Å²) < 4.78 is 6.54. The van der Waals surface area contributed by atoms with E-state index in [1.165, 1.54) is 0 Å². The maximum absolute atomic E-state index is 12.6. The van der Waals surface area contributed by atoms with E-state index < -0.39 is 0 Å². The fraction of sp³-hybridized carbons (Fsp3) is 0.263. The smallest absolute Gasteiger partial charge is 0.261 e. The number of rotatable bonds is 5. The topological polar surface area (TPSA) is 50.4 Å². The molecule has 2 aromatic carbocycles. The minimum atomic E-state index is -0.315. The van der Waals surface area contributed by atoms with Gasteiger partial charge in [-0.2, -0.15) is 0 Å². The van der Waals surface area contributed by atoms with Crippen LogP contribution in [0.3, 0.4) is 0 Å². The normalized spacial score (nSPS) is 10.4. The average molecular weight is 421 g/mol. The second-order valence-corrected chi connectivity index (χ2v) is 7.44. The van der Waals surface area contributed by atoms with Gasteiger partial charge in [-0.05, 0) is 55.4 Å². The lowest BCUT2D eigenvalue weighted by molar-refractivity contribution is 0.0973. The van der Waals surface area contributed by atoms with Crippen molar-refractivity contribution in [1.82, 2.24) is 5.32 Å². The van der Waals surface area contributed by atoms with Crippen LogP contribution in [-0.2, 0) is 0 Å². The van der Waals surface area contributed by atoms with E-state index in [0.717, 1.165) is 15.7 Å². The lowest BCUT2D eigenvalue weighted by atomic mass is 10.2. The highest BCUT2D eigenvalue weighted by atomic mass is 79.9. The summed E-state index contributed by atoms with van der Waals surface area (Å²) in [6.07, 6.45) is 0. The van der Waals surface area contributed by atoms with Gasteiger partial charge in [0.1, 0.15) is 5.75 Å². The van der Waals surface area contributed by atoms with E-state index in [-0.39, 0.29) is 11.0 Å². The molecule has 0 aliphatic heterocycles. The molecule has 0 aromatic heterocycles. The van der Waals surface area contributed by atoms with E-state index >= 15 is 0 Å². The average Bonchev–Trinajstić information content (AvgIpc) is 2.55. The molecule has 0 heterocycles. The molecule has 0 aliphatic carbocycles. The number of hydrogen-bond donors (Lipinski definition) is 2. The molecule has 2 N–H and O–H groups in total. The van der Waals surface area contributed by atoms with Crippen molar-refractivity contribution in [3.8, 4) is 5.75 Å². The van der Waals surface area contributed by atoms with Gasteiger partial charge in [-0.15, -0.1) is 0 Å². The molecule has 0 spiro atoms. The monoisotopic (exact) mass is 420 g/mol. The van der Waals surface area contributed by atoms with Crippen molar-refractivity contribution in [2.75, 3.05) is 11.9 Å². The highest BCUT2D eigenvalue weighted by molar-refractivity contribution is 9.10. The molecule has 2 rings (SSSR count). The third-order valence-corrected chi connectivity index (χ3v) is 3.99. The quantitative estimate of drug-likeness (QED) is 0.673. The Balaban J connectivity index is 2.07. The number of thiocarbonyl (C=S) groups is 1. The molecule has 132 valence electrons. The van der Waals surface area contributed by atoms with Crippen molar-refractivity contribution < 1.29 is 9.53 Å². The van der Waals surface area contributed by atoms with Crippen molar-refractivity contribution in [3.63, 3.8) is 0 Å². The molecular weight excluding hydrogens is 400 g/mol. The maximum atomic E-state index is 12.6. The van der Waals surface area contributed by atoms with Crippen LogP contribution in [0.5, 0.6) is 5.75 Å². The standard InChI is InChI=1S/C19H21BrN2O2S/c1-12(2)11-24-17-9-6-14(20)10-16(17)18(23)22-19(25)21-15-7-4-13(3)5-8-15/h4-10,12H,11H2,1-3H3,(H2,21,22,23,25). The Morgan fingerprint density at radius 2 is 1.88 bits per heavy atom. The zero-order valence-corrected chi connectivity index (χ0v) is 16.8. The van der Waals surface area contributed by atoms with Crippen molar-refractivity contribution in [2.45, 2.75) is 20.8 Å². The number of ether oxygens (including phenoxy) is 1. The van der Waals surface area contributed by atoms with Crippen LogP contribution in [0.25, 0.3) is 0 Å². The van der Waals surface area contributed by atoms with Crippen molar-refractivity contribution in [1.29, 1.82) is 0 Å². The molecule has 1 amide bonds.